The number of hydrogen-bond donors (Lipinski definition) is 0. The molecule has 0 amide bonds. The van der Waals surface area contributed by atoms with Gasteiger partial charge in [0.2, 0.25) is 11.7 Å². The van der Waals surface area contributed by atoms with Gasteiger partial charge < -0.3 is 13.3 Å². The third-order valence-electron chi connectivity index (χ3n) is 4.27. The number of benzene rings is 1. The van der Waals surface area contributed by atoms with Crippen LogP contribution in [0.5, 0.6) is 0 Å². The summed E-state index contributed by atoms with van der Waals surface area (Å²) in [5.74, 6) is 3.00. The fourth-order valence-electron chi connectivity index (χ4n) is 2.89. The molecule has 11 heteroatoms. The second-order valence-electron chi connectivity index (χ2n) is 6.38. The summed E-state index contributed by atoms with van der Waals surface area (Å²) in [4.78, 5) is 0. The molecular weight excluding hydrogens is 550 g/mol. The fraction of sp³-hybridized carbons (Fsp3) is 0.100. The molecule has 5 aromatic rings. The molecule has 0 saturated carbocycles. The van der Waals surface area contributed by atoms with E-state index in [1.54, 1.807) is 12.1 Å². The van der Waals surface area contributed by atoms with Crippen molar-refractivity contribution in [1.29, 1.82) is 0 Å². The largest absolute Gasteiger partial charge is 0.446 e. The van der Waals surface area contributed by atoms with Crippen molar-refractivity contribution < 1.29 is 13.3 Å². The van der Waals surface area contributed by atoms with Crippen molar-refractivity contribution >= 4 is 43.6 Å². The van der Waals surface area contributed by atoms with Gasteiger partial charge >= 0.3 is 0 Å². The van der Waals surface area contributed by atoms with Crippen molar-refractivity contribution in [2.75, 3.05) is 0 Å². The Morgan fingerprint density at radius 2 is 1.52 bits per heavy atom. The molecule has 156 valence electrons. The highest BCUT2D eigenvalue weighted by Crippen LogP contribution is 2.30. The molecule has 0 aliphatic rings. The van der Waals surface area contributed by atoms with Crippen LogP contribution >= 0.6 is 43.6 Å². The van der Waals surface area contributed by atoms with Crippen LogP contribution in [0.3, 0.4) is 0 Å². The van der Waals surface area contributed by atoms with Crippen LogP contribution in [0, 0.1) is 0 Å². The summed E-state index contributed by atoms with van der Waals surface area (Å²) in [5.41, 5.74) is 1.12. The van der Waals surface area contributed by atoms with Crippen molar-refractivity contribution in [2.24, 2.45) is 0 Å². The monoisotopic (exact) mass is 561 g/mol. The highest BCUT2D eigenvalue weighted by Gasteiger charge is 2.19. The normalized spacial score (nSPS) is 11.3. The lowest BCUT2D eigenvalue weighted by atomic mass is 10.2. The first-order chi connectivity index (χ1) is 15.2. The van der Waals surface area contributed by atoms with Gasteiger partial charge in [0.05, 0.1) is 12.3 Å². The first-order valence-electron chi connectivity index (χ1n) is 9.09. The summed E-state index contributed by atoms with van der Waals surface area (Å²) in [6, 6.07) is 17.3. The highest BCUT2D eigenvalue weighted by atomic mass is 79.9. The minimum atomic E-state index is 0.327. The van der Waals surface area contributed by atoms with Crippen LogP contribution in [0.1, 0.15) is 11.5 Å². The van der Waals surface area contributed by atoms with Gasteiger partial charge in [-0.25, -0.2) is 0 Å². The molecule has 1 aromatic carbocycles. The minimum Gasteiger partial charge on any atom is -0.446 e. The summed E-state index contributed by atoms with van der Waals surface area (Å²) >= 11 is 8.07. The van der Waals surface area contributed by atoms with Gasteiger partial charge in [-0.1, -0.05) is 42.1 Å². The zero-order valence-electron chi connectivity index (χ0n) is 15.7. The van der Waals surface area contributed by atoms with Crippen molar-refractivity contribution in [2.45, 2.75) is 17.5 Å². The Bertz CT molecular complexity index is 1310. The number of halogens is 2. The number of aromatic nitrogens is 5. The summed E-state index contributed by atoms with van der Waals surface area (Å²) in [7, 11) is 0. The molecule has 31 heavy (non-hydrogen) atoms. The maximum atomic E-state index is 5.72. The molecule has 5 rings (SSSR count). The maximum absolute atomic E-state index is 5.72. The van der Waals surface area contributed by atoms with Gasteiger partial charge in [-0.15, -0.1) is 20.4 Å². The molecule has 4 heterocycles. The van der Waals surface area contributed by atoms with E-state index in [9.17, 15) is 0 Å². The predicted octanol–water partition coefficient (Wildman–Crippen LogP) is 6.05. The second-order valence-corrected chi connectivity index (χ2v) is 8.88. The number of thioether (sulfide) groups is 1. The smallest absolute Gasteiger partial charge is 0.283 e. The van der Waals surface area contributed by atoms with E-state index in [0.29, 0.717) is 55.9 Å². The number of nitrogens with zero attached hydrogens (tertiary/aromatic N) is 5. The zero-order chi connectivity index (χ0) is 21.2. The lowest BCUT2D eigenvalue weighted by Crippen LogP contribution is -2.04. The maximum Gasteiger partial charge on any atom is 0.283 e. The van der Waals surface area contributed by atoms with Crippen LogP contribution in [0.15, 0.2) is 82.3 Å². The number of hydrogen-bond acceptors (Lipinski definition) is 8. The molecule has 0 aliphatic heterocycles. The molecular formula is C20H13Br2N5O3S. The summed E-state index contributed by atoms with van der Waals surface area (Å²) in [6.45, 7) is 0.597. The molecule has 0 atom stereocenters. The Morgan fingerprint density at radius 1 is 0.774 bits per heavy atom. The van der Waals surface area contributed by atoms with E-state index in [0.717, 1.165) is 5.56 Å². The summed E-state index contributed by atoms with van der Waals surface area (Å²) in [6.07, 6.45) is 0. The molecule has 4 aromatic heterocycles. The summed E-state index contributed by atoms with van der Waals surface area (Å²) in [5, 5.41) is 17.6. The standard InChI is InChI=1S/C20H13Br2N5O3S/c21-15-8-6-13(28-15)18-24-26-20(27(18)10-12-4-2-1-3-5-12)31-11-17-23-25-19(30-17)14-7-9-16(22)29-14/h1-9H,10-11H2. The van der Waals surface area contributed by atoms with Crippen LogP contribution in [-0.4, -0.2) is 25.0 Å². The Morgan fingerprint density at radius 3 is 2.23 bits per heavy atom. The van der Waals surface area contributed by atoms with E-state index in [2.05, 4.69) is 64.4 Å². The molecule has 0 unspecified atom stereocenters. The van der Waals surface area contributed by atoms with Crippen LogP contribution in [0.25, 0.3) is 23.2 Å². The number of furan rings is 2. The molecule has 0 spiro atoms. The topological polar surface area (TPSA) is 95.9 Å². The predicted molar refractivity (Wildman–Crippen MR) is 120 cm³/mol. The fourth-order valence-corrected chi connectivity index (χ4v) is 4.28. The average Bonchev–Trinajstić information content (AvgIpc) is 3.55. The van der Waals surface area contributed by atoms with Crippen LogP contribution in [-0.2, 0) is 12.3 Å². The van der Waals surface area contributed by atoms with E-state index in [1.807, 2.05) is 34.9 Å². The Hall–Kier alpha value is -2.63. The van der Waals surface area contributed by atoms with E-state index >= 15 is 0 Å². The molecule has 0 bridgehead atoms. The quantitative estimate of drug-likeness (QED) is 0.221. The Labute approximate surface area is 197 Å². The Balaban J connectivity index is 1.40. The minimum absolute atomic E-state index is 0.327. The molecule has 0 radical (unpaired) electrons. The number of rotatable bonds is 7. The van der Waals surface area contributed by atoms with Crippen molar-refractivity contribution in [3.05, 3.63) is 75.4 Å². The first kappa shape index (κ1) is 20.3. The lowest BCUT2D eigenvalue weighted by Gasteiger charge is -2.08. The second kappa shape index (κ2) is 8.85. The molecule has 0 aliphatic carbocycles. The van der Waals surface area contributed by atoms with Gasteiger partial charge in [0.15, 0.2) is 26.0 Å². The highest BCUT2D eigenvalue weighted by molar-refractivity contribution is 9.10. The SMILES string of the molecule is Brc1ccc(-c2nnc(CSc3nnc(-c4ccc(Br)o4)n3Cc3ccccc3)o2)o1. The van der Waals surface area contributed by atoms with Gasteiger partial charge in [-0.05, 0) is 61.7 Å². The third kappa shape index (κ3) is 4.53. The van der Waals surface area contributed by atoms with E-state index in [-0.39, 0.29) is 0 Å². The van der Waals surface area contributed by atoms with Crippen LogP contribution in [0.2, 0.25) is 0 Å². The van der Waals surface area contributed by atoms with Gasteiger partial charge in [0.25, 0.3) is 5.89 Å². The molecule has 0 fully saturated rings. The van der Waals surface area contributed by atoms with Gasteiger partial charge in [0.1, 0.15) is 0 Å². The zero-order valence-corrected chi connectivity index (χ0v) is 19.7. The van der Waals surface area contributed by atoms with Gasteiger partial charge in [-0.3, -0.25) is 4.57 Å². The average molecular weight is 563 g/mol. The van der Waals surface area contributed by atoms with E-state index in [1.165, 1.54) is 11.8 Å². The molecule has 8 nitrogen and oxygen atoms in total. The van der Waals surface area contributed by atoms with Crippen LogP contribution in [0.4, 0.5) is 0 Å². The van der Waals surface area contributed by atoms with Crippen molar-refractivity contribution in [3.63, 3.8) is 0 Å². The van der Waals surface area contributed by atoms with Crippen molar-refractivity contribution in [1.82, 2.24) is 25.0 Å². The third-order valence-corrected chi connectivity index (χ3v) is 6.07. The van der Waals surface area contributed by atoms with E-state index < -0.39 is 0 Å². The molecule has 0 N–H and O–H groups in total. The summed E-state index contributed by atoms with van der Waals surface area (Å²) < 4.78 is 20.1. The lowest BCUT2D eigenvalue weighted by molar-refractivity contribution is 0.486. The Kier molecular flexibility index (Phi) is 5.79. The van der Waals surface area contributed by atoms with Crippen molar-refractivity contribution in [3.8, 4) is 23.2 Å². The van der Waals surface area contributed by atoms with Gasteiger partial charge in [-0.2, -0.15) is 0 Å². The van der Waals surface area contributed by atoms with E-state index in [4.69, 9.17) is 13.3 Å². The molecule has 0 saturated heterocycles. The first-order valence-corrected chi connectivity index (χ1v) is 11.7. The van der Waals surface area contributed by atoms with Crippen LogP contribution < -0.4 is 0 Å². The van der Waals surface area contributed by atoms with Gasteiger partial charge in [0, 0.05) is 0 Å².